The fraction of sp³-hybridized carbons (Fsp3) is 0.692. The first kappa shape index (κ1) is 17.2. The minimum absolute atomic E-state index is 0.0148. The molecule has 2 heterocycles. The first-order chi connectivity index (χ1) is 11.0. The van der Waals surface area contributed by atoms with Crippen LogP contribution in [0.25, 0.3) is 0 Å². The number of carbonyl (C=O) groups is 2. The lowest BCUT2D eigenvalue weighted by Gasteiger charge is -2.26. The predicted octanol–water partition coefficient (Wildman–Crippen LogP) is -1.18. The van der Waals surface area contributed by atoms with Gasteiger partial charge in [0.1, 0.15) is 6.54 Å². The summed E-state index contributed by atoms with van der Waals surface area (Å²) < 4.78 is 5.27. The SMILES string of the molecule is CN(C)C(=O)Nc1cnn(CC(=O)NCCN2CCOCC2)n1. The number of nitrogens with one attached hydrogen (secondary N) is 2. The van der Waals surface area contributed by atoms with E-state index in [9.17, 15) is 9.59 Å². The van der Waals surface area contributed by atoms with Gasteiger partial charge in [0, 0.05) is 40.3 Å². The predicted molar refractivity (Wildman–Crippen MR) is 83.0 cm³/mol. The topological polar surface area (TPSA) is 105 Å². The maximum atomic E-state index is 11.8. The Morgan fingerprint density at radius 3 is 2.78 bits per heavy atom. The largest absolute Gasteiger partial charge is 0.379 e. The number of nitrogens with zero attached hydrogens (tertiary/aromatic N) is 5. The average molecular weight is 325 g/mol. The number of rotatable bonds is 6. The van der Waals surface area contributed by atoms with Gasteiger partial charge in [-0.25, -0.2) is 4.79 Å². The molecule has 10 nitrogen and oxygen atoms in total. The van der Waals surface area contributed by atoms with Crippen molar-refractivity contribution in [1.82, 2.24) is 30.1 Å². The van der Waals surface area contributed by atoms with Gasteiger partial charge in [0.05, 0.1) is 19.4 Å². The number of morpholine rings is 1. The summed E-state index contributed by atoms with van der Waals surface area (Å²) in [5, 5.41) is 13.4. The Kier molecular flexibility index (Phi) is 6.29. The number of urea groups is 1. The van der Waals surface area contributed by atoms with Crippen molar-refractivity contribution >= 4 is 17.8 Å². The average Bonchev–Trinajstić information content (AvgIpc) is 2.95. The van der Waals surface area contributed by atoms with E-state index in [4.69, 9.17) is 4.74 Å². The molecular formula is C13H23N7O3. The second-order valence-corrected chi connectivity index (χ2v) is 5.39. The van der Waals surface area contributed by atoms with Crippen molar-refractivity contribution in [3.8, 4) is 0 Å². The maximum absolute atomic E-state index is 11.8. The highest BCUT2D eigenvalue weighted by Gasteiger charge is 2.12. The van der Waals surface area contributed by atoms with Crippen LogP contribution in [0.1, 0.15) is 0 Å². The van der Waals surface area contributed by atoms with Crippen molar-refractivity contribution in [3.63, 3.8) is 0 Å². The van der Waals surface area contributed by atoms with Crippen LogP contribution in [0.5, 0.6) is 0 Å². The molecule has 1 aliphatic rings. The van der Waals surface area contributed by atoms with Crippen molar-refractivity contribution in [2.24, 2.45) is 0 Å². The molecule has 0 aromatic carbocycles. The Labute approximate surface area is 134 Å². The minimum atomic E-state index is -0.299. The van der Waals surface area contributed by atoms with E-state index in [1.165, 1.54) is 15.9 Å². The molecule has 0 spiro atoms. The van der Waals surface area contributed by atoms with Gasteiger partial charge < -0.3 is 15.0 Å². The molecule has 0 saturated carbocycles. The monoisotopic (exact) mass is 325 g/mol. The summed E-state index contributed by atoms with van der Waals surface area (Å²) in [5.74, 6) is 0.143. The van der Waals surface area contributed by atoms with Crippen LogP contribution < -0.4 is 10.6 Å². The van der Waals surface area contributed by atoms with Gasteiger partial charge in [0.25, 0.3) is 0 Å². The number of amides is 3. The molecule has 2 rings (SSSR count). The van der Waals surface area contributed by atoms with Crippen LogP contribution in [-0.2, 0) is 16.1 Å². The molecule has 23 heavy (non-hydrogen) atoms. The zero-order chi connectivity index (χ0) is 16.7. The summed E-state index contributed by atoms with van der Waals surface area (Å²) in [6.07, 6.45) is 1.41. The van der Waals surface area contributed by atoms with Crippen molar-refractivity contribution in [1.29, 1.82) is 0 Å². The lowest BCUT2D eigenvalue weighted by molar-refractivity contribution is -0.122. The summed E-state index contributed by atoms with van der Waals surface area (Å²) >= 11 is 0. The van der Waals surface area contributed by atoms with E-state index < -0.39 is 0 Å². The van der Waals surface area contributed by atoms with Gasteiger partial charge in [0.2, 0.25) is 5.91 Å². The summed E-state index contributed by atoms with van der Waals surface area (Å²) in [6, 6.07) is -0.299. The Morgan fingerprint density at radius 2 is 2.09 bits per heavy atom. The molecule has 2 N–H and O–H groups in total. The Morgan fingerprint density at radius 1 is 1.35 bits per heavy atom. The highest BCUT2D eigenvalue weighted by Crippen LogP contribution is 2.00. The van der Waals surface area contributed by atoms with E-state index in [0.717, 1.165) is 32.8 Å². The molecule has 0 aliphatic carbocycles. The number of hydrogen-bond acceptors (Lipinski definition) is 6. The molecule has 0 radical (unpaired) electrons. The molecule has 1 aliphatic heterocycles. The molecule has 3 amide bonds. The molecule has 0 atom stereocenters. The molecule has 1 saturated heterocycles. The second-order valence-electron chi connectivity index (χ2n) is 5.39. The number of ether oxygens (including phenoxy) is 1. The molecule has 1 aromatic rings. The molecule has 1 fully saturated rings. The molecule has 0 bridgehead atoms. The van der Waals surface area contributed by atoms with Gasteiger partial charge >= 0.3 is 6.03 Å². The van der Waals surface area contributed by atoms with E-state index >= 15 is 0 Å². The van der Waals surface area contributed by atoms with Crippen molar-refractivity contribution < 1.29 is 14.3 Å². The van der Waals surface area contributed by atoms with Crippen molar-refractivity contribution in [3.05, 3.63) is 6.20 Å². The van der Waals surface area contributed by atoms with Gasteiger partial charge in [-0.3, -0.25) is 15.0 Å². The molecule has 1 aromatic heterocycles. The number of carbonyl (C=O) groups excluding carboxylic acids is 2. The van der Waals surface area contributed by atoms with Crippen LogP contribution in [0, 0.1) is 0 Å². The van der Waals surface area contributed by atoms with Gasteiger partial charge in [-0.05, 0) is 0 Å². The van der Waals surface area contributed by atoms with E-state index in [1.807, 2.05) is 0 Å². The smallest absolute Gasteiger partial charge is 0.322 e. The molecule has 10 heteroatoms. The minimum Gasteiger partial charge on any atom is -0.379 e. The summed E-state index contributed by atoms with van der Waals surface area (Å²) in [7, 11) is 3.25. The van der Waals surface area contributed by atoms with Crippen molar-refractivity contribution in [2.75, 3.05) is 58.8 Å². The lowest BCUT2D eigenvalue weighted by Crippen LogP contribution is -2.42. The summed E-state index contributed by atoms with van der Waals surface area (Å²) in [4.78, 5) is 28.2. The van der Waals surface area contributed by atoms with Gasteiger partial charge in [-0.2, -0.15) is 9.90 Å². The van der Waals surface area contributed by atoms with E-state index in [2.05, 4.69) is 25.7 Å². The fourth-order valence-electron chi connectivity index (χ4n) is 2.01. The molecule has 128 valence electrons. The van der Waals surface area contributed by atoms with Crippen LogP contribution in [0.4, 0.5) is 10.6 Å². The lowest BCUT2D eigenvalue weighted by atomic mass is 10.4. The van der Waals surface area contributed by atoms with E-state index in [0.29, 0.717) is 12.4 Å². The van der Waals surface area contributed by atoms with Crippen LogP contribution in [0.3, 0.4) is 0 Å². The zero-order valence-electron chi connectivity index (χ0n) is 13.5. The second kappa shape index (κ2) is 8.44. The fourth-order valence-corrected chi connectivity index (χ4v) is 2.01. The third-order valence-corrected chi connectivity index (χ3v) is 3.32. The summed E-state index contributed by atoms with van der Waals surface area (Å²) in [5.41, 5.74) is 0. The Bertz CT molecular complexity index is 525. The summed E-state index contributed by atoms with van der Waals surface area (Å²) in [6.45, 7) is 4.66. The van der Waals surface area contributed by atoms with Crippen molar-refractivity contribution in [2.45, 2.75) is 6.54 Å². The zero-order valence-corrected chi connectivity index (χ0v) is 13.5. The Hall–Kier alpha value is -2.20. The third kappa shape index (κ3) is 5.83. The Balaban J connectivity index is 1.68. The van der Waals surface area contributed by atoms with Crippen LogP contribution in [0.15, 0.2) is 6.20 Å². The number of aromatic nitrogens is 3. The van der Waals surface area contributed by atoms with Crippen LogP contribution >= 0.6 is 0 Å². The standard InChI is InChI=1S/C13H23N7O3/c1-18(2)13(22)16-11-9-15-20(17-11)10-12(21)14-3-4-19-5-7-23-8-6-19/h9H,3-8,10H2,1-2H3,(H,14,21)(H,16,17,22). The van der Waals surface area contributed by atoms with Gasteiger partial charge in [-0.15, -0.1) is 5.10 Å². The molecule has 0 unspecified atom stereocenters. The molecular weight excluding hydrogens is 302 g/mol. The maximum Gasteiger partial charge on any atom is 0.322 e. The normalized spacial score (nSPS) is 15.2. The van der Waals surface area contributed by atoms with Crippen LogP contribution in [0.2, 0.25) is 0 Å². The van der Waals surface area contributed by atoms with Crippen LogP contribution in [-0.4, -0.2) is 90.2 Å². The van der Waals surface area contributed by atoms with Gasteiger partial charge in [-0.1, -0.05) is 0 Å². The number of hydrogen-bond donors (Lipinski definition) is 2. The highest BCUT2D eigenvalue weighted by molar-refractivity contribution is 5.87. The highest BCUT2D eigenvalue weighted by atomic mass is 16.5. The van der Waals surface area contributed by atoms with E-state index in [1.54, 1.807) is 14.1 Å². The first-order valence-electron chi connectivity index (χ1n) is 7.50. The van der Waals surface area contributed by atoms with Gasteiger partial charge in [0.15, 0.2) is 5.82 Å². The first-order valence-corrected chi connectivity index (χ1v) is 7.50. The third-order valence-electron chi connectivity index (χ3n) is 3.32. The van der Waals surface area contributed by atoms with E-state index in [-0.39, 0.29) is 18.5 Å². The quantitative estimate of drug-likeness (QED) is 0.682. The number of anilines is 1.